The van der Waals surface area contributed by atoms with Gasteiger partial charge in [-0.3, -0.25) is 0 Å². The molecule has 2 rings (SSSR count). The Hall–Kier alpha value is -1.02. The molecule has 1 atom stereocenters. The zero-order valence-electron chi connectivity index (χ0n) is 11.9. The molecule has 1 aliphatic rings. The van der Waals surface area contributed by atoms with Crippen LogP contribution in [-0.4, -0.2) is 25.7 Å². The summed E-state index contributed by atoms with van der Waals surface area (Å²) in [6, 6.07) is 9.57. The molecule has 1 unspecified atom stereocenters. The summed E-state index contributed by atoms with van der Waals surface area (Å²) in [7, 11) is 0. The van der Waals surface area contributed by atoms with E-state index in [0.29, 0.717) is 6.04 Å². The average molecular weight is 246 g/mol. The quantitative estimate of drug-likeness (QED) is 0.881. The Kier molecular flexibility index (Phi) is 4.65. The van der Waals surface area contributed by atoms with Crippen molar-refractivity contribution in [3.8, 4) is 0 Å². The maximum absolute atomic E-state index is 3.68. The van der Waals surface area contributed by atoms with Crippen molar-refractivity contribution in [1.82, 2.24) is 5.32 Å². The first-order chi connectivity index (χ1) is 8.65. The topological polar surface area (TPSA) is 15.3 Å². The van der Waals surface area contributed by atoms with Crippen molar-refractivity contribution in [1.29, 1.82) is 0 Å². The number of nitrogens with one attached hydrogen (secondary N) is 1. The molecule has 1 aromatic rings. The van der Waals surface area contributed by atoms with Gasteiger partial charge in [0.15, 0.2) is 0 Å². The number of rotatable bonds is 3. The van der Waals surface area contributed by atoms with Crippen LogP contribution in [0.3, 0.4) is 0 Å². The SMILES string of the molecule is Cc1ccc(N2CCCNC(CC(C)C)C2)cc1. The fraction of sp³-hybridized carbons (Fsp3) is 0.625. The van der Waals surface area contributed by atoms with Gasteiger partial charge in [0.05, 0.1) is 0 Å². The molecule has 1 aliphatic heterocycles. The third kappa shape index (κ3) is 3.74. The van der Waals surface area contributed by atoms with E-state index in [1.54, 1.807) is 0 Å². The van der Waals surface area contributed by atoms with Crippen LogP contribution >= 0.6 is 0 Å². The highest BCUT2D eigenvalue weighted by Gasteiger charge is 2.18. The van der Waals surface area contributed by atoms with E-state index in [4.69, 9.17) is 0 Å². The van der Waals surface area contributed by atoms with Crippen LogP contribution in [0.2, 0.25) is 0 Å². The van der Waals surface area contributed by atoms with Crippen LogP contribution in [0.4, 0.5) is 5.69 Å². The molecule has 0 aliphatic carbocycles. The van der Waals surface area contributed by atoms with Gasteiger partial charge in [0, 0.05) is 24.8 Å². The van der Waals surface area contributed by atoms with Crippen LogP contribution in [-0.2, 0) is 0 Å². The van der Waals surface area contributed by atoms with E-state index in [1.165, 1.54) is 30.6 Å². The lowest BCUT2D eigenvalue weighted by Crippen LogP contribution is -2.38. The summed E-state index contributed by atoms with van der Waals surface area (Å²) in [6.45, 7) is 10.2. The second-order valence-electron chi connectivity index (χ2n) is 5.92. The Labute approximate surface area is 111 Å². The highest BCUT2D eigenvalue weighted by atomic mass is 15.2. The van der Waals surface area contributed by atoms with Crippen LogP contribution in [0.1, 0.15) is 32.3 Å². The third-order valence-corrected chi connectivity index (χ3v) is 3.63. The molecule has 1 aromatic carbocycles. The molecule has 100 valence electrons. The molecule has 2 heteroatoms. The van der Waals surface area contributed by atoms with E-state index in [1.807, 2.05) is 0 Å². The zero-order chi connectivity index (χ0) is 13.0. The van der Waals surface area contributed by atoms with E-state index < -0.39 is 0 Å². The molecule has 0 spiro atoms. The predicted molar refractivity (Wildman–Crippen MR) is 79.3 cm³/mol. The number of anilines is 1. The largest absolute Gasteiger partial charge is 0.370 e. The van der Waals surface area contributed by atoms with Crippen molar-refractivity contribution < 1.29 is 0 Å². The van der Waals surface area contributed by atoms with E-state index >= 15 is 0 Å². The fourth-order valence-corrected chi connectivity index (χ4v) is 2.71. The first-order valence-corrected chi connectivity index (χ1v) is 7.20. The van der Waals surface area contributed by atoms with Crippen LogP contribution < -0.4 is 10.2 Å². The second kappa shape index (κ2) is 6.24. The van der Waals surface area contributed by atoms with E-state index in [0.717, 1.165) is 19.0 Å². The molecule has 0 bridgehead atoms. The van der Waals surface area contributed by atoms with Gasteiger partial charge in [-0.05, 0) is 44.4 Å². The maximum Gasteiger partial charge on any atom is 0.0366 e. The standard InChI is InChI=1S/C16H26N2/c1-13(2)11-15-12-18(10-4-9-17-15)16-7-5-14(3)6-8-16/h5-8,13,15,17H,4,9-12H2,1-3H3. The minimum absolute atomic E-state index is 0.633. The Balaban J connectivity index is 2.04. The van der Waals surface area contributed by atoms with Gasteiger partial charge in [-0.1, -0.05) is 31.5 Å². The van der Waals surface area contributed by atoms with Crippen molar-refractivity contribution in [2.24, 2.45) is 5.92 Å². The summed E-state index contributed by atoms with van der Waals surface area (Å²) in [5, 5.41) is 3.68. The van der Waals surface area contributed by atoms with Gasteiger partial charge >= 0.3 is 0 Å². The van der Waals surface area contributed by atoms with Crippen molar-refractivity contribution in [3.05, 3.63) is 29.8 Å². The number of hydrogen-bond donors (Lipinski definition) is 1. The van der Waals surface area contributed by atoms with Crippen molar-refractivity contribution in [3.63, 3.8) is 0 Å². The summed E-state index contributed by atoms with van der Waals surface area (Å²) < 4.78 is 0. The Morgan fingerprint density at radius 3 is 2.67 bits per heavy atom. The van der Waals surface area contributed by atoms with Crippen molar-refractivity contribution in [2.75, 3.05) is 24.5 Å². The van der Waals surface area contributed by atoms with Gasteiger partial charge < -0.3 is 10.2 Å². The van der Waals surface area contributed by atoms with Gasteiger partial charge in [0.2, 0.25) is 0 Å². The van der Waals surface area contributed by atoms with Gasteiger partial charge in [0.25, 0.3) is 0 Å². The summed E-state index contributed by atoms with van der Waals surface area (Å²) in [6.07, 6.45) is 2.50. The average Bonchev–Trinajstić information content (AvgIpc) is 2.55. The van der Waals surface area contributed by atoms with Crippen LogP contribution in [0.5, 0.6) is 0 Å². The molecule has 2 nitrogen and oxygen atoms in total. The number of hydrogen-bond acceptors (Lipinski definition) is 2. The summed E-state index contributed by atoms with van der Waals surface area (Å²) >= 11 is 0. The van der Waals surface area contributed by atoms with Gasteiger partial charge in [0.1, 0.15) is 0 Å². The molecule has 0 aromatic heterocycles. The van der Waals surface area contributed by atoms with E-state index in [2.05, 4.69) is 55.3 Å². The molecule has 1 saturated heterocycles. The summed E-state index contributed by atoms with van der Waals surface area (Å²) in [5.41, 5.74) is 2.71. The van der Waals surface area contributed by atoms with Crippen molar-refractivity contribution >= 4 is 5.69 Å². The summed E-state index contributed by atoms with van der Waals surface area (Å²) in [4.78, 5) is 2.53. The highest BCUT2D eigenvalue weighted by molar-refractivity contribution is 5.47. The predicted octanol–water partition coefficient (Wildman–Crippen LogP) is 3.21. The molecule has 0 saturated carbocycles. The minimum Gasteiger partial charge on any atom is -0.370 e. The number of benzene rings is 1. The molecule has 0 amide bonds. The Morgan fingerprint density at radius 2 is 2.00 bits per heavy atom. The minimum atomic E-state index is 0.633. The van der Waals surface area contributed by atoms with Crippen LogP contribution in [0.15, 0.2) is 24.3 Å². The lowest BCUT2D eigenvalue weighted by Gasteiger charge is -2.27. The number of nitrogens with zero attached hydrogens (tertiary/aromatic N) is 1. The maximum atomic E-state index is 3.68. The first-order valence-electron chi connectivity index (χ1n) is 7.20. The van der Waals surface area contributed by atoms with E-state index in [-0.39, 0.29) is 0 Å². The van der Waals surface area contributed by atoms with Gasteiger partial charge in [-0.25, -0.2) is 0 Å². The highest BCUT2D eigenvalue weighted by Crippen LogP contribution is 2.18. The lowest BCUT2D eigenvalue weighted by atomic mass is 10.0. The van der Waals surface area contributed by atoms with Gasteiger partial charge in [-0.15, -0.1) is 0 Å². The normalized spacial score (nSPS) is 21.1. The fourth-order valence-electron chi connectivity index (χ4n) is 2.71. The van der Waals surface area contributed by atoms with E-state index in [9.17, 15) is 0 Å². The van der Waals surface area contributed by atoms with Crippen LogP contribution in [0, 0.1) is 12.8 Å². The molecule has 18 heavy (non-hydrogen) atoms. The third-order valence-electron chi connectivity index (χ3n) is 3.63. The molecular weight excluding hydrogens is 220 g/mol. The molecule has 1 fully saturated rings. The Bertz CT molecular complexity index is 356. The van der Waals surface area contributed by atoms with Crippen molar-refractivity contribution in [2.45, 2.75) is 39.7 Å². The molecule has 1 heterocycles. The molecule has 1 N–H and O–H groups in total. The first kappa shape index (κ1) is 13.4. The zero-order valence-corrected chi connectivity index (χ0v) is 11.9. The lowest BCUT2D eigenvalue weighted by molar-refractivity contribution is 0.436. The van der Waals surface area contributed by atoms with Gasteiger partial charge in [-0.2, -0.15) is 0 Å². The monoisotopic (exact) mass is 246 g/mol. The molecule has 0 radical (unpaired) electrons. The Morgan fingerprint density at radius 1 is 1.28 bits per heavy atom. The van der Waals surface area contributed by atoms with Crippen LogP contribution in [0.25, 0.3) is 0 Å². The second-order valence-corrected chi connectivity index (χ2v) is 5.92. The summed E-state index contributed by atoms with van der Waals surface area (Å²) in [5.74, 6) is 0.764. The smallest absolute Gasteiger partial charge is 0.0366 e. The number of aryl methyl sites for hydroxylation is 1. The molecular formula is C16H26N2.